The molecule has 0 saturated heterocycles. The number of aryl methyl sites for hydroxylation is 1. The molecule has 10 heteroatoms. The molecule has 3 rings (SSSR count). The normalized spacial score (nSPS) is 11.4. The molecule has 27 heavy (non-hydrogen) atoms. The van der Waals surface area contributed by atoms with Gasteiger partial charge in [0.2, 0.25) is 5.91 Å². The van der Waals surface area contributed by atoms with Crippen LogP contribution < -0.4 is 5.32 Å². The summed E-state index contributed by atoms with van der Waals surface area (Å²) in [6, 6.07) is 7.75. The molecule has 1 N–H and O–H groups in total. The Morgan fingerprint density at radius 3 is 2.56 bits per heavy atom. The van der Waals surface area contributed by atoms with Gasteiger partial charge in [0.15, 0.2) is 23.2 Å². The molecule has 0 spiro atoms. The maximum absolute atomic E-state index is 13.7. The molecule has 140 valence electrons. The molecule has 0 saturated carbocycles. The first-order valence-electron chi connectivity index (χ1n) is 7.73. The minimum atomic E-state index is -4.60. The number of carbonyl (C=O) groups is 1. The average molecular weight is 380 g/mol. The van der Waals surface area contributed by atoms with Gasteiger partial charge in [0.05, 0.1) is 11.8 Å². The second-order valence-corrected chi connectivity index (χ2v) is 5.45. The fraction of sp³-hybridized carbons (Fsp3) is 0.176. The molecular formula is C17H12F4N4O2. The highest BCUT2D eigenvalue weighted by atomic mass is 19.4. The topological polar surface area (TPSA) is 80.9 Å². The zero-order valence-electron chi connectivity index (χ0n) is 13.6. The first-order chi connectivity index (χ1) is 12.8. The van der Waals surface area contributed by atoms with E-state index in [1.54, 1.807) is 12.1 Å². The van der Waals surface area contributed by atoms with Crippen molar-refractivity contribution in [3.05, 3.63) is 60.0 Å². The number of benzene rings is 1. The van der Waals surface area contributed by atoms with E-state index < -0.39 is 23.6 Å². The van der Waals surface area contributed by atoms with Gasteiger partial charge in [0.25, 0.3) is 0 Å². The van der Waals surface area contributed by atoms with Gasteiger partial charge < -0.3 is 9.73 Å². The lowest BCUT2D eigenvalue weighted by Gasteiger charge is -2.06. The van der Waals surface area contributed by atoms with E-state index in [4.69, 9.17) is 4.42 Å². The smallest absolute Gasteiger partial charge is 0.435 e. The molecule has 0 aliphatic carbocycles. The number of nitrogens with zero attached hydrogens (tertiary/aromatic N) is 3. The Hall–Kier alpha value is -3.30. The zero-order chi connectivity index (χ0) is 19.4. The van der Waals surface area contributed by atoms with Gasteiger partial charge in [-0.2, -0.15) is 13.2 Å². The number of nitrogens with one attached hydrogen (secondary N) is 1. The third-order valence-corrected chi connectivity index (χ3v) is 3.48. The van der Waals surface area contributed by atoms with Crippen LogP contribution in [0.25, 0.3) is 11.3 Å². The van der Waals surface area contributed by atoms with E-state index in [0.29, 0.717) is 0 Å². The van der Waals surface area contributed by atoms with Gasteiger partial charge in [-0.05, 0) is 24.3 Å². The lowest BCUT2D eigenvalue weighted by Crippen LogP contribution is -2.15. The van der Waals surface area contributed by atoms with Gasteiger partial charge in [-0.15, -0.1) is 10.2 Å². The third-order valence-electron chi connectivity index (χ3n) is 3.48. The zero-order valence-corrected chi connectivity index (χ0v) is 13.6. The fourth-order valence-corrected chi connectivity index (χ4v) is 2.19. The van der Waals surface area contributed by atoms with E-state index in [9.17, 15) is 22.4 Å². The number of anilines is 1. The Morgan fingerprint density at radius 2 is 1.89 bits per heavy atom. The summed E-state index contributed by atoms with van der Waals surface area (Å²) >= 11 is 0. The molecule has 0 fully saturated rings. The Labute approximate surface area is 150 Å². The summed E-state index contributed by atoms with van der Waals surface area (Å²) in [4.78, 5) is 15.9. The monoisotopic (exact) mass is 380 g/mol. The van der Waals surface area contributed by atoms with Gasteiger partial charge >= 0.3 is 6.18 Å². The van der Waals surface area contributed by atoms with Gasteiger partial charge in [-0.1, -0.05) is 12.1 Å². The summed E-state index contributed by atoms with van der Waals surface area (Å²) in [5, 5.41) is 8.65. The second kappa shape index (κ2) is 7.52. The van der Waals surface area contributed by atoms with Crippen molar-refractivity contribution < 1.29 is 26.8 Å². The van der Waals surface area contributed by atoms with Crippen LogP contribution in [0.5, 0.6) is 0 Å². The summed E-state index contributed by atoms with van der Waals surface area (Å²) in [6.07, 6.45) is -3.18. The van der Waals surface area contributed by atoms with Crippen molar-refractivity contribution in [2.75, 3.05) is 5.32 Å². The average Bonchev–Trinajstić information content (AvgIpc) is 3.09. The quantitative estimate of drug-likeness (QED) is 0.680. The SMILES string of the molecule is O=C(CCc1ncc(-c2ccccc2F)o1)Nc1ccc(C(F)(F)F)nn1. The second-order valence-electron chi connectivity index (χ2n) is 5.45. The number of hydrogen-bond donors (Lipinski definition) is 1. The highest BCUT2D eigenvalue weighted by Crippen LogP contribution is 2.27. The molecule has 3 aromatic rings. The van der Waals surface area contributed by atoms with Crippen molar-refractivity contribution in [2.45, 2.75) is 19.0 Å². The van der Waals surface area contributed by atoms with E-state index in [1.165, 1.54) is 18.3 Å². The van der Waals surface area contributed by atoms with Crippen LogP contribution in [0, 0.1) is 5.82 Å². The minimum Gasteiger partial charge on any atom is -0.441 e. The third kappa shape index (κ3) is 4.66. The van der Waals surface area contributed by atoms with Crippen molar-refractivity contribution in [3.8, 4) is 11.3 Å². The standard InChI is InChI=1S/C17H12F4N4O2/c18-11-4-2-1-3-10(11)12-9-22-16(27-12)8-7-15(26)23-14-6-5-13(24-25-14)17(19,20)21/h1-6,9H,7-8H2,(H,23,25,26). The molecule has 0 aliphatic rings. The number of amides is 1. The lowest BCUT2D eigenvalue weighted by atomic mass is 10.2. The maximum Gasteiger partial charge on any atom is 0.435 e. The summed E-state index contributed by atoms with van der Waals surface area (Å²) in [5.41, 5.74) is -0.901. The molecule has 0 atom stereocenters. The predicted octanol–water partition coefficient (Wildman–Crippen LogP) is 3.86. The van der Waals surface area contributed by atoms with Crippen molar-refractivity contribution in [2.24, 2.45) is 0 Å². The largest absolute Gasteiger partial charge is 0.441 e. The number of rotatable bonds is 5. The van der Waals surface area contributed by atoms with Crippen molar-refractivity contribution in [3.63, 3.8) is 0 Å². The molecule has 0 unspecified atom stereocenters. The van der Waals surface area contributed by atoms with Crippen molar-refractivity contribution >= 4 is 11.7 Å². The first kappa shape index (κ1) is 18.5. The number of alkyl halides is 3. The van der Waals surface area contributed by atoms with Crippen LogP contribution in [0.2, 0.25) is 0 Å². The Morgan fingerprint density at radius 1 is 1.11 bits per heavy atom. The highest BCUT2D eigenvalue weighted by molar-refractivity contribution is 5.89. The number of halogens is 4. The molecule has 0 bridgehead atoms. The first-order valence-corrected chi connectivity index (χ1v) is 7.73. The van der Waals surface area contributed by atoms with Crippen LogP contribution in [-0.4, -0.2) is 21.1 Å². The molecule has 6 nitrogen and oxygen atoms in total. The van der Waals surface area contributed by atoms with E-state index in [0.717, 1.165) is 12.1 Å². The Kier molecular flexibility index (Phi) is 5.15. The predicted molar refractivity (Wildman–Crippen MR) is 85.9 cm³/mol. The van der Waals surface area contributed by atoms with E-state index in [1.807, 2.05) is 0 Å². The van der Waals surface area contributed by atoms with Gasteiger partial charge in [-0.25, -0.2) is 9.37 Å². The lowest BCUT2D eigenvalue weighted by molar-refractivity contribution is -0.141. The number of carbonyl (C=O) groups excluding carboxylic acids is 1. The van der Waals surface area contributed by atoms with Crippen molar-refractivity contribution in [1.82, 2.24) is 15.2 Å². The van der Waals surface area contributed by atoms with Gasteiger partial charge in [-0.3, -0.25) is 4.79 Å². The summed E-state index contributed by atoms with van der Waals surface area (Å²) in [7, 11) is 0. The van der Waals surface area contributed by atoms with Crippen LogP contribution in [0.3, 0.4) is 0 Å². The molecular weight excluding hydrogens is 368 g/mol. The highest BCUT2D eigenvalue weighted by Gasteiger charge is 2.32. The van der Waals surface area contributed by atoms with Gasteiger partial charge in [0.1, 0.15) is 5.82 Å². The minimum absolute atomic E-state index is 0.0556. The number of hydrogen-bond acceptors (Lipinski definition) is 5. The summed E-state index contributed by atoms with van der Waals surface area (Å²) in [6.45, 7) is 0. The van der Waals surface area contributed by atoms with Crippen LogP contribution in [0.4, 0.5) is 23.4 Å². The van der Waals surface area contributed by atoms with E-state index in [-0.39, 0.29) is 35.9 Å². The summed E-state index contributed by atoms with van der Waals surface area (Å²) in [5.74, 6) is -0.611. The Balaban J connectivity index is 1.56. The molecule has 0 radical (unpaired) electrons. The maximum atomic E-state index is 13.7. The molecule has 2 heterocycles. The van der Waals surface area contributed by atoms with E-state index in [2.05, 4.69) is 20.5 Å². The van der Waals surface area contributed by atoms with Crippen molar-refractivity contribution in [1.29, 1.82) is 0 Å². The van der Waals surface area contributed by atoms with E-state index >= 15 is 0 Å². The number of aromatic nitrogens is 3. The number of oxazole rings is 1. The van der Waals surface area contributed by atoms with Gasteiger partial charge in [0, 0.05) is 12.8 Å². The molecule has 1 amide bonds. The summed E-state index contributed by atoms with van der Waals surface area (Å²) < 4.78 is 56.4. The molecule has 1 aromatic carbocycles. The molecule has 2 aromatic heterocycles. The van der Waals surface area contributed by atoms with Crippen LogP contribution in [-0.2, 0) is 17.4 Å². The fourth-order valence-electron chi connectivity index (χ4n) is 2.19. The molecule has 0 aliphatic heterocycles. The van der Waals surface area contributed by atoms with Crippen LogP contribution in [0.15, 0.2) is 47.0 Å². The Bertz CT molecular complexity index is 939. The van der Waals surface area contributed by atoms with Crippen LogP contribution >= 0.6 is 0 Å². The van der Waals surface area contributed by atoms with Crippen LogP contribution in [0.1, 0.15) is 18.0 Å².